The summed E-state index contributed by atoms with van der Waals surface area (Å²) in [7, 11) is 1.74. The number of aliphatic hydroxyl groups is 1. The van der Waals surface area contributed by atoms with Crippen LogP contribution < -0.4 is 0 Å². The van der Waals surface area contributed by atoms with E-state index in [1.165, 1.54) is 19.3 Å². The predicted molar refractivity (Wildman–Crippen MR) is 52.8 cm³/mol. The molecule has 0 spiro atoms. The first-order valence-corrected chi connectivity index (χ1v) is 5.22. The van der Waals surface area contributed by atoms with Crippen LogP contribution in [0.25, 0.3) is 0 Å². The molecule has 0 saturated heterocycles. The quantitative estimate of drug-likeness (QED) is 0.572. The summed E-state index contributed by atoms with van der Waals surface area (Å²) in [5.74, 6) is 0. The van der Waals surface area contributed by atoms with E-state index < -0.39 is 0 Å². The van der Waals surface area contributed by atoms with Gasteiger partial charge < -0.3 is 9.84 Å². The van der Waals surface area contributed by atoms with Crippen LogP contribution in [0.1, 0.15) is 25.7 Å². The predicted octanol–water partition coefficient (Wildman–Crippen LogP) is 0.870. The Morgan fingerprint density at radius 1 is 1.31 bits per heavy atom. The number of rotatable bonds is 8. The van der Waals surface area contributed by atoms with Crippen LogP contribution in [0.2, 0.25) is 0 Å². The molecule has 0 unspecified atom stereocenters. The van der Waals surface area contributed by atoms with Crippen LogP contribution in [0.5, 0.6) is 0 Å². The lowest BCUT2D eigenvalue weighted by atomic mass is 10.3. The minimum Gasteiger partial charge on any atom is -0.395 e. The van der Waals surface area contributed by atoms with E-state index in [4.69, 9.17) is 9.84 Å². The van der Waals surface area contributed by atoms with E-state index in [0.29, 0.717) is 6.61 Å². The van der Waals surface area contributed by atoms with Crippen LogP contribution in [0.3, 0.4) is 0 Å². The van der Waals surface area contributed by atoms with Gasteiger partial charge in [0.25, 0.3) is 0 Å². The molecule has 1 N–H and O–H groups in total. The summed E-state index contributed by atoms with van der Waals surface area (Å²) in [6.07, 6.45) is 4.96. The Balaban J connectivity index is 2.00. The lowest BCUT2D eigenvalue weighted by molar-refractivity contribution is 0.167. The lowest BCUT2D eigenvalue weighted by Gasteiger charge is -2.20. The van der Waals surface area contributed by atoms with Crippen LogP contribution in [0.4, 0.5) is 0 Å². The fourth-order valence-electron chi connectivity index (χ4n) is 1.61. The largest absolute Gasteiger partial charge is 0.395 e. The Morgan fingerprint density at radius 2 is 2.08 bits per heavy atom. The highest BCUT2D eigenvalue weighted by Crippen LogP contribution is 2.26. The van der Waals surface area contributed by atoms with Gasteiger partial charge in [0.2, 0.25) is 0 Å². The second kappa shape index (κ2) is 6.35. The highest BCUT2D eigenvalue weighted by atomic mass is 16.5. The van der Waals surface area contributed by atoms with E-state index in [9.17, 15) is 0 Å². The Hall–Kier alpha value is -0.120. The molecule has 0 aromatic heterocycles. The lowest BCUT2D eigenvalue weighted by Crippen LogP contribution is -2.30. The number of hydrogen-bond acceptors (Lipinski definition) is 3. The van der Waals surface area contributed by atoms with Crippen molar-refractivity contribution in [2.75, 3.05) is 33.4 Å². The fraction of sp³-hybridized carbons (Fsp3) is 1.00. The van der Waals surface area contributed by atoms with Crippen molar-refractivity contribution < 1.29 is 9.84 Å². The third kappa shape index (κ3) is 4.60. The molecular weight excluding hydrogens is 166 g/mol. The summed E-state index contributed by atoms with van der Waals surface area (Å²) in [5, 5.41) is 8.85. The van der Waals surface area contributed by atoms with Crippen molar-refractivity contribution in [2.45, 2.75) is 31.7 Å². The molecular formula is C10H21NO2. The van der Waals surface area contributed by atoms with Gasteiger partial charge in [-0.2, -0.15) is 0 Å². The molecule has 0 heterocycles. The maximum absolute atomic E-state index is 8.85. The third-order valence-corrected chi connectivity index (χ3v) is 2.49. The molecule has 0 radical (unpaired) electrons. The number of hydrogen-bond donors (Lipinski definition) is 1. The number of unbranched alkanes of at least 4 members (excludes halogenated alkanes) is 1. The van der Waals surface area contributed by atoms with Crippen molar-refractivity contribution in [1.29, 1.82) is 0 Å². The topological polar surface area (TPSA) is 32.7 Å². The normalized spacial score (nSPS) is 16.8. The molecule has 78 valence electrons. The van der Waals surface area contributed by atoms with Crippen molar-refractivity contribution in [1.82, 2.24) is 4.90 Å². The average molecular weight is 187 g/mol. The smallest absolute Gasteiger partial charge is 0.0558 e. The molecule has 0 atom stereocenters. The van der Waals surface area contributed by atoms with E-state index >= 15 is 0 Å². The van der Waals surface area contributed by atoms with Gasteiger partial charge in [0.05, 0.1) is 6.61 Å². The summed E-state index contributed by atoms with van der Waals surface area (Å²) < 4.78 is 4.99. The van der Waals surface area contributed by atoms with Crippen LogP contribution in [0.15, 0.2) is 0 Å². The summed E-state index contributed by atoms with van der Waals surface area (Å²) >= 11 is 0. The molecule has 1 aliphatic rings. The zero-order valence-corrected chi connectivity index (χ0v) is 8.54. The van der Waals surface area contributed by atoms with E-state index in [0.717, 1.165) is 32.2 Å². The summed E-state index contributed by atoms with van der Waals surface area (Å²) in [4.78, 5) is 2.40. The monoisotopic (exact) mass is 187 g/mol. The van der Waals surface area contributed by atoms with Gasteiger partial charge in [0.1, 0.15) is 0 Å². The zero-order valence-electron chi connectivity index (χ0n) is 8.54. The zero-order chi connectivity index (χ0) is 9.52. The SMILES string of the molecule is COCCCCN(CCO)C1CC1. The number of aliphatic hydroxyl groups excluding tert-OH is 1. The average Bonchev–Trinajstić information content (AvgIpc) is 2.93. The second-order valence-electron chi connectivity index (χ2n) is 3.69. The van der Waals surface area contributed by atoms with E-state index in [-0.39, 0.29) is 0 Å². The molecule has 3 heteroatoms. The molecule has 1 aliphatic carbocycles. The second-order valence-corrected chi connectivity index (χ2v) is 3.69. The summed E-state index contributed by atoms with van der Waals surface area (Å²) in [6, 6.07) is 0.773. The van der Waals surface area contributed by atoms with Crippen molar-refractivity contribution in [2.24, 2.45) is 0 Å². The Morgan fingerprint density at radius 3 is 2.62 bits per heavy atom. The first-order valence-electron chi connectivity index (χ1n) is 5.22. The van der Waals surface area contributed by atoms with Crippen molar-refractivity contribution in [3.05, 3.63) is 0 Å². The minimum absolute atomic E-state index is 0.292. The van der Waals surface area contributed by atoms with Crippen LogP contribution in [-0.2, 0) is 4.74 Å². The molecule has 1 fully saturated rings. The Kier molecular flexibility index (Phi) is 5.35. The first kappa shape index (κ1) is 11.0. The highest BCUT2D eigenvalue weighted by molar-refractivity contribution is 4.84. The van der Waals surface area contributed by atoms with Gasteiger partial charge in [0, 0.05) is 26.3 Å². The Bertz CT molecular complexity index is 126. The van der Waals surface area contributed by atoms with Crippen LogP contribution in [0, 0.1) is 0 Å². The molecule has 0 bridgehead atoms. The molecule has 0 aromatic rings. The standard InChI is InChI=1S/C10H21NO2/c1-13-9-3-2-6-11(7-8-12)10-4-5-10/h10,12H,2-9H2,1H3. The maximum Gasteiger partial charge on any atom is 0.0558 e. The Labute approximate surface area is 80.7 Å². The third-order valence-electron chi connectivity index (χ3n) is 2.49. The molecule has 3 nitrogen and oxygen atoms in total. The molecule has 0 aromatic carbocycles. The number of methoxy groups -OCH3 is 1. The van der Waals surface area contributed by atoms with Gasteiger partial charge in [-0.1, -0.05) is 0 Å². The fourth-order valence-corrected chi connectivity index (χ4v) is 1.61. The van der Waals surface area contributed by atoms with Gasteiger partial charge in [-0.25, -0.2) is 0 Å². The van der Waals surface area contributed by atoms with Crippen molar-refractivity contribution >= 4 is 0 Å². The number of ether oxygens (including phenoxy) is 1. The summed E-state index contributed by atoms with van der Waals surface area (Å²) in [5.41, 5.74) is 0. The van der Waals surface area contributed by atoms with E-state index in [1.807, 2.05) is 0 Å². The molecule has 1 rings (SSSR count). The highest BCUT2D eigenvalue weighted by Gasteiger charge is 2.27. The molecule has 0 amide bonds. The van der Waals surface area contributed by atoms with Gasteiger partial charge in [-0.15, -0.1) is 0 Å². The van der Waals surface area contributed by atoms with E-state index in [1.54, 1.807) is 7.11 Å². The van der Waals surface area contributed by atoms with Crippen molar-refractivity contribution in [3.63, 3.8) is 0 Å². The minimum atomic E-state index is 0.292. The molecule has 0 aliphatic heterocycles. The molecule has 13 heavy (non-hydrogen) atoms. The van der Waals surface area contributed by atoms with Gasteiger partial charge >= 0.3 is 0 Å². The van der Waals surface area contributed by atoms with Gasteiger partial charge in [-0.05, 0) is 32.2 Å². The van der Waals surface area contributed by atoms with Crippen LogP contribution >= 0.6 is 0 Å². The first-order chi connectivity index (χ1) is 6.38. The maximum atomic E-state index is 8.85. The van der Waals surface area contributed by atoms with E-state index in [2.05, 4.69) is 4.90 Å². The molecule has 1 saturated carbocycles. The van der Waals surface area contributed by atoms with Crippen LogP contribution in [-0.4, -0.2) is 49.5 Å². The summed E-state index contributed by atoms with van der Waals surface area (Å²) in [6.45, 7) is 3.12. The van der Waals surface area contributed by atoms with Crippen molar-refractivity contribution in [3.8, 4) is 0 Å². The van der Waals surface area contributed by atoms with Gasteiger partial charge in [-0.3, -0.25) is 4.90 Å². The van der Waals surface area contributed by atoms with Gasteiger partial charge in [0.15, 0.2) is 0 Å². The number of nitrogens with zero attached hydrogens (tertiary/aromatic N) is 1.